The minimum Gasteiger partial charge on any atom is -0.338 e. The Labute approximate surface area is 104 Å². The van der Waals surface area contributed by atoms with Crippen LogP contribution < -0.4 is 10.2 Å². The van der Waals surface area contributed by atoms with Crippen LogP contribution in [0.2, 0.25) is 0 Å². The van der Waals surface area contributed by atoms with Gasteiger partial charge >= 0.3 is 0 Å². The minimum atomic E-state index is 0.569. The molecule has 18 heavy (non-hydrogen) atoms. The number of hydrogen-bond acceptors (Lipinski definition) is 6. The number of rotatable bonds is 3. The normalized spacial score (nSPS) is 16.8. The van der Waals surface area contributed by atoms with Crippen LogP contribution in [0.15, 0.2) is 12.7 Å². The first kappa shape index (κ1) is 11.1. The second-order valence-corrected chi connectivity index (χ2v) is 4.27. The highest BCUT2D eigenvalue weighted by atomic mass is 15.4. The molecule has 2 aromatic rings. The van der Waals surface area contributed by atoms with Crippen molar-refractivity contribution in [2.75, 3.05) is 31.1 Å². The smallest absolute Gasteiger partial charge is 0.244 e. The maximum absolute atomic E-state index is 4.49. The summed E-state index contributed by atoms with van der Waals surface area (Å²) in [5, 5.41) is 14.6. The molecule has 0 saturated carbocycles. The van der Waals surface area contributed by atoms with Gasteiger partial charge in [0.15, 0.2) is 0 Å². The van der Waals surface area contributed by atoms with E-state index >= 15 is 0 Å². The van der Waals surface area contributed by atoms with Gasteiger partial charge < -0.3 is 10.2 Å². The quantitative estimate of drug-likeness (QED) is 0.742. The van der Waals surface area contributed by atoms with Gasteiger partial charge in [-0.15, -0.1) is 5.10 Å². The second-order valence-electron chi connectivity index (χ2n) is 4.27. The molecule has 0 bridgehead atoms. The van der Waals surface area contributed by atoms with Gasteiger partial charge in [0.25, 0.3) is 0 Å². The zero-order valence-corrected chi connectivity index (χ0v) is 10.1. The van der Waals surface area contributed by atoms with Gasteiger partial charge in [0.1, 0.15) is 25.0 Å². The van der Waals surface area contributed by atoms with Gasteiger partial charge in [-0.2, -0.15) is 10.1 Å². The van der Waals surface area contributed by atoms with Crippen molar-refractivity contribution in [1.82, 2.24) is 35.3 Å². The Kier molecular flexibility index (Phi) is 3.18. The van der Waals surface area contributed by atoms with E-state index in [1.807, 2.05) is 0 Å². The molecule has 1 fully saturated rings. The fraction of sp³-hybridized carbons (Fsp3) is 0.600. The number of anilines is 1. The summed E-state index contributed by atoms with van der Waals surface area (Å²) < 4.78 is 1.72. The second kappa shape index (κ2) is 5.13. The minimum absolute atomic E-state index is 0.569. The van der Waals surface area contributed by atoms with E-state index in [4.69, 9.17) is 0 Å². The molecule has 0 radical (unpaired) electrons. The molecule has 3 rings (SSSR count). The summed E-state index contributed by atoms with van der Waals surface area (Å²) in [5.41, 5.74) is 0. The molecule has 3 heterocycles. The number of H-pyrrole nitrogens is 1. The van der Waals surface area contributed by atoms with Crippen molar-refractivity contribution in [2.45, 2.75) is 13.0 Å². The summed E-state index contributed by atoms with van der Waals surface area (Å²) in [6.45, 7) is 4.55. The number of hydrogen-bond donors (Lipinski definition) is 2. The van der Waals surface area contributed by atoms with Crippen molar-refractivity contribution in [3.8, 4) is 0 Å². The topological polar surface area (TPSA) is 87.5 Å². The maximum atomic E-state index is 4.49. The van der Waals surface area contributed by atoms with Gasteiger partial charge in [0, 0.05) is 19.6 Å². The lowest BCUT2D eigenvalue weighted by molar-refractivity contribution is 0.655. The van der Waals surface area contributed by atoms with Gasteiger partial charge in [-0.25, -0.2) is 9.67 Å². The van der Waals surface area contributed by atoms with Crippen LogP contribution in [-0.2, 0) is 6.54 Å². The average molecular weight is 248 g/mol. The lowest BCUT2D eigenvalue weighted by atomic mass is 10.4. The van der Waals surface area contributed by atoms with E-state index in [9.17, 15) is 0 Å². The Morgan fingerprint density at radius 2 is 2.28 bits per heavy atom. The van der Waals surface area contributed by atoms with Gasteiger partial charge in [0.2, 0.25) is 5.95 Å². The zero-order valence-electron chi connectivity index (χ0n) is 10.1. The monoisotopic (exact) mass is 248 g/mol. The fourth-order valence-electron chi connectivity index (χ4n) is 2.01. The van der Waals surface area contributed by atoms with E-state index < -0.39 is 0 Å². The molecule has 2 aromatic heterocycles. The van der Waals surface area contributed by atoms with E-state index in [-0.39, 0.29) is 0 Å². The van der Waals surface area contributed by atoms with Crippen molar-refractivity contribution in [2.24, 2.45) is 0 Å². The third kappa shape index (κ3) is 2.48. The van der Waals surface area contributed by atoms with Gasteiger partial charge in [0.05, 0.1) is 0 Å². The van der Waals surface area contributed by atoms with Crippen molar-refractivity contribution in [3.05, 3.63) is 18.5 Å². The van der Waals surface area contributed by atoms with Crippen molar-refractivity contribution < 1.29 is 0 Å². The Balaban J connectivity index is 1.68. The molecule has 1 aliphatic heterocycles. The molecule has 8 nitrogen and oxygen atoms in total. The predicted molar refractivity (Wildman–Crippen MR) is 65.2 cm³/mol. The van der Waals surface area contributed by atoms with E-state index in [0.717, 1.165) is 44.4 Å². The van der Waals surface area contributed by atoms with Crippen LogP contribution in [0.5, 0.6) is 0 Å². The summed E-state index contributed by atoms with van der Waals surface area (Å²) in [7, 11) is 0. The van der Waals surface area contributed by atoms with Gasteiger partial charge in [-0.05, 0) is 13.0 Å². The largest absolute Gasteiger partial charge is 0.338 e. The molecular weight excluding hydrogens is 232 g/mol. The average Bonchev–Trinajstić information content (AvgIpc) is 2.97. The van der Waals surface area contributed by atoms with Crippen LogP contribution in [0.4, 0.5) is 5.95 Å². The van der Waals surface area contributed by atoms with Crippen LogP contribution in [0.3, 0.4) is 0 Å². The first-order valence-electron chi connectivity index (χ1n) is 6.11. The van der Waals surface area contributed by atoms with Crippen LogP contribution in [-0.4, -0.2) is 56.1 Å². The van der Waals surface area contributed by atoms with Crippen LogP contribution in [0, 0.1) is 0 Å². The maximum Gasteiger partial charge on any atom is 0.244 e. The molecule has 0 spiro atoms. The van der Waals surface area contributed by atoms with Crippen molar-refractivity contribution in [3.63, 3.8) is 0 Å². The lowest BCUT2D eigenvalue weighted by Crippen LogP contribution is -2.28. The summed E-state index contributed by atoms with van der Waals surface area (Å²) >= 11 is 0. The highest BCUT2D eigenvalue weighted by Crippen LogP contribution is 2.08. The molecule has 0 aromatic carbocycles. The molecule has 0 atom stereocenters. The Morgan fingerprint density at radius 1 is 1.28 bits per heavy atom. The summed E-state index contributed by atoms with van der Waals surface area (Å²) in [6, 6.07) is 0. The number of nitrogens with zero attached hydrogens (tertiary/aromatic N) is 6. The third-order valence-electron chi connectivity index (χ3n) is 2.92. The molecule has 0 aliphatic carbocycles. The standard InChI is InChI=1S/C10H16N8/c1-2-11-3-5-17(4-1)10-14-9(15-16-10)6-18-8-12-7-13-18/h7-8,11H,1-6H2,(H,14,15,16). The first-order chi connectivity index (χ1) is 8.92. The Morgan fingerprint density at radius 3 is 3.17 bits per heavy atom. The predicted octanol–water partition coefficient (Wildman–Crippen LogP) is -0.756. The molecule has 1 aliphatic rings. The third-order valence-corrected chi connectivity index (χ3v) is 2.92. The van der Waals surface area contributed by atoms with E-state index in [2.05, 4.69) is 35.5 Å². The molecule has 1 saturated heterocycles. The summed E-state index contributed by atoms with van der Waals surface area (Å²) in [5.74, 6) is 1.57. The molecule has 96 valence electrons. The van der Waals surface area contributed by atoms with Gasteiger partial charge in [-0.3, -0.25) is 5.10 Å². The Hall–Kier alpha value is -1.96. The summed E-state index contributed by atoms with van der Waals surface area (Å²) in [4.78, 5) is 10.6. The lowest BCUT2D eigenvalue weighted by Gasteiger charge is -2.16. The van der Waals surface area contributed by atoms with Crippen LogP contribution in [0.1, 0.15) is 12.2 Å². The highest BCUT2D eigenvalue weighted by molar-refractivity contribution is 5.28. The molecule has 0 unspecified atom stereocenters. The zero-order chi connectivity index (χ0) is 12.2. The number of aromatic amines is 1. The van der Waals surface area contributed by atoms with Crippen molar-refractivity contribution in [1.29, 1.82) is 0 Å². The van der Waals surface area contributed by atoms with Crippen LogP contribution in [0.25, 0.3) is 0 Å². The fourth-order valence-corrected chi connectivity index (χ4v) is 2.01. The number of nitrogens with one attached hydrogen (secondary N) is 2. The molecule has 0 amide bonds. The van der Waals surface area contributed by atoms with E-state index in [1.54, 1.807) is 11.0 Å². The SMILES string of the molecule is c1ncn(Cc2nc(N3CCCNCC3)n[nH]2)n1. The summed E-state index contributed by atoms with van der Waals surface area (Å²) in [6.07, 6.45) is 4.29. The highest BCUT2D eigenvalue weighted by Gasteiger charge is 2.14. The Bertz CT molecular complexity index is 468. The number of aromatic nitrogens is 6. The molecule has 8 heteroatoms. The van der Waals surface area contributed by atoms with Gasteiger partial charge in [-0.1, -0.05) is 0 Å². The first-order valence-corrected chi connectivity index (χ1v) is 6.11. The van der Waals surface area contributed by atoms with E-state index in [1.165, 1.54) is 6.33 Å². The molecule has 2 N–H and O–H groups in total. The van der Waals surface area contributed by atoms with Crippen molar-refractivity contribution >= 4 is 5.95 Å². The van der Waals surface area contributed by atoms with E-state index in [0.29, 0.717) is 6.54 Å². The molecular formula is C10H16N8. The van der Waals surface area contributed by atoms with Crippen LogP contribution >= 0.6 is 0 Å².